The molecular weight excluding hydrogens is 182 g/mol. The summed E-state index contributed by atoms with van der Waals surface area (Å²) in [7, 11) is 0. The molecule has 14 heavy (non-hydrogen) atoms. The minimum absolute atomic E-state index is 0.328. The van der Waals surface area contributed by atoms with Gasteiger partial charge >= 0.3 is 0 Å². The number of nitrogens with zero attached hydrogens (tertiary/aromatic N) is 1. The molecule has 3 N–H and O–H groups in total. The Morgan fingerprint density at radius 2 is 2.29 bits per heavy atom. The summed E-state index contributed by atoms with van der Waals surface area (Å²) in [4.78, 5) is 11.1. The van der Waals surface area contributed by atoms with Crippen molar-refractivity contribution < 1.29 is 9.53 Å². The van der Waals surface area contributed by atoms with E-state index in [-0.39, 0.29) is 0 Å². The van der Waals surface area contributed by atoms with Crippen LogP contribution in [0, 0.1) is 0 Å². The van der Waals surface area contributed by atoms with Gasteiger partial charge in [0.05, 0.1) is 17.5 Å². The van der Waals surface area contributed by atoms with Gasteiger partial charge in [0.15, 0.2) is 0 Å². The standard InChI is InChI=1S/C9H13N3O2/c10-9(13)7-5-11-12-8(7)6-1-3-14-4-2-6/h5-6H,1-4H2,(H2,10,13)(H,11,12). The second-order valence-corrected chi connectivity index (χ2v) is 3.45. The van der Waals surface area contributed by atoms with Gasteiger partial charge in [-0.15, -0.1) is 0 Å². The van der Waals surface area contributed by atoms with E-state index in [4.69, 9.17) is 10.5 Å². The molecule has 1 aliphatic rings. The molecule has 76 valence electrons. The van der Waals surface area contributed by atoms with Crippen molar-refractivity contribution in [1.82, 2.24) is 10.2 Å². The Hall–Kier alpha value is -1.36. The van der Waals surface area contributed by atoms with Gasteiger partial charge in [0.1, 0.15) is 0 Å². The molecule has 0 atom stereocenters. The smallest absolute Gasteiger partial charge is 0.252 e. The molecule has 0 spiro atoms. The maximum atomic E-state index is 11.1. The number of H-pyrrole nitrogens is 1. The number of amides is 1. The Balaban J connectivity index is 2.21. The van der Waals surface area contributed by atoms with Crippen molar-refractivity contribution in [2.24, 2.45) is 5.73 Å². The quantitative estimate of drug-likeness (QED) is 0.716. The van der Waals surface area contributed by atoms with E-state index in [1.807, 2.05) is 0 Å². The van der Waals surface area contributed by atoms with Gasteiger partial charge in [-0.05, 0) is 12.8 Å². The van der Waals surface area contributed by atoms with Gasteiger partial charge in [-0.25, -0.2) is 0 Å². The minimum Gasteiger partial charge on any atom is -0.381 e. The summed E-state index contributed by atoms with van der Waals surface area (Å²) < 4.78 is 5.25. The van der Waals surface area contributed by atoms with E-state index >= 15 is 0 Å². The molecule has 0 radical (unpaired) electrons. The Kier molecular flexibility index (Phi) is 2.49. The summed E-state index contributed by atoms with van der Waals surface area (Å²) in [6.45, 7) is 1.48. The maximum Gasteiger partial charge on any atom is 0.252 e. The van der Waals surface area contributed by atoms with Crippen LogP contribution in [0.3, 0.4) is 0 Å². The molecule has 0 bridgehead atoms. The van der Waals surface area contributed by atoms with Crippen molar-refractivity contribution in [2.45, 2.75) is 18.8 Å². The summed E-state index contributed by atoms with van der Waals surface area (Å²) in [5, 5.41) is 6.70. The molecule has 5 heteroatoms. The lowest BCUT2D eigenvalue weighted by atomic mass is 9.94. The monoisotopic (exact) mass is 195 g/mol. The largest absolute Gasteiger partial charge is 0.381 e. The number of carbonyl (C=O) groups excluding carboxylic acids is 1. The average Bonchev–Trinajstić information content (AvgIpc) is 2.67. The van der Waals surface area contributed by atoms with Crippen LogP contribution in [0.5, 0.6) is 0 Å². The first kappa shape index (κ1) is 9.21. The Bertz CT molecular complexity index is 329. The highest BCUT2D eigenvalue weighted by molar-refractivity contribution is 5.93. The average molecular weight is 195 g/mol. The van der Waals surface area contributed by atoms with Crippen molar-refractivity contribution in [2.75, 3.05) is 13.2 Å². The molecule has 0 aromatic carbocycles. The van der Waals surface area contributed by atoms with E-state index < -0.39 is 5.91 Å². The summed E-state index contributed by atoms with van der Waals surface area (Å²) >= 11 is 0. The predicted molar refractivity (Wildman–Crippen MR) is 49.9 cm³/mol. The van der Waals surface area contributed by atoms with Crippen molar-refractivity contribution in [1.29, 1.82) is 0 Å². The van der Waals surface area contributed by atoms with Crippen LogP contribution in [0.15, 0.2) is 6.20 Å². The molecule has 1 fully saturated rings. The number of primary amides is 1. The molecule has 1 amide bonds. The van der Waals surface area contributed by atoms with Crippen LogP contribution in [0.25, 0.3) is 0 Å². The van der Waals surface area contributed by atoms with Crippen LogP contribution in [-0.4, -0.2) is 29.3 Å². The van der Waals surface area contributed by atoms with Gasteiger partial charge in [-0.2, -0.15) is 5.10 Å². The van der Waals surface area contributed by atoms with Crippen molar-refractivity contribution >= 4 is 5.91 Å². The summed E-state index contributed by atoms with van der Waals surface area (Å²) in [5.41, 5.74) is 6.61. The van der Waals surface area contributed by atoms with E-state index in [1.165, 1.54) is 6.20 Å². The number of ether oxygens (including phenoxy) is 1. The van der Waals surface area contributed by atoms with Crippen LogP contribution < -0.4 is 5.73 Å². The normalized spacial score (nSPS) is 18.3. The van der Waals surface area contributed by atoms with E-state index in [9.17, 15) is 4.79 Å². The number of nitrogens with two attached hydrogens (primary N) is 1. The molecular formula is C9H13N3O2. The maximum absolute atomic E-state index is 11.1. The van der Waals surface area contributed by atoms with Gasteiger partial charge in [0.2, 0.25) is 0 Å². The van der Waals surface area contributed by atoms with E-state index in [0.717, 1.165) is 31.7 Å². The third-order valence-corrected chi connectivity index (χ3v) is 2.56. The predicted octanol–water partition coefficient (Wildman–Crippen LogP) is 0.403. The number of carbonyl (C=O) groups is 1. The highest BCUT2D eigenvalue weighted by Crippen LogP contribution is 2.27. The fraction of sp³-hybridized carbons (Fsp3) is 0.556. The second-order valence-electron chi connectivity index (χ2n) is 3.45. The Labute approximate surface area is 81.6 Å². The van der Waals surface area contributed by atoms with Gasteiger partial charge < -0.3 is 10.5 Å². The molecule has 1 aromatic heterocycles. The van der Waals surface area contributed by atoms with Crippen LogP contribution >= 0.6 is 0 Å². The summed E-state index contributed by atoms with van der Waals surface area (Å²) in [6.07, 6.45) is 3.33. The molecule has 1 saturated heterocycles. The number of nitrogens with one attached hydrogen (secondary N) is 1. The Morgan fingerprint density at radius 1 is 1.57 bits per heavy atom. The van der Waals surface area contributed by atoms with Crippen LogP contribution in [0.2, 0.25) is 0 Å². The second kappa shape index (κ2) is 3.79. The van der Waals surface area contributed by atoms with Gasteiger partial charge in [0, 0.05) is 19.1 Å². The van der Waals surface area contributed by atoms with E-state index in [1.54, 1.807) is 0 Å². The lowest BCUT2D eigenvalue weighted by Gasteiger charge is -2.21. The molecule has 0 saturated carbocycles. The zero-order valence-corrected chi connectivity index (χ0v) is 7.82. The van der Waals surface area contributed by atoms with E-state index in [2.05, 4.69) is 10.2 Å². The van der Waals surface area contributed by atoms with Crippen LogP contribution in [-0.2, 0) is 4.74 Å². The molecule has 0 unspecified atom stereocenters. The molecule has 0 aliphatic carbocycles. The minimum atomic E-state index is -0.416. The first-order valence-electron chi connectivity index (χ1n) is 4.70. The Morgan fingerprint density at radius 3 is 2.93 bits per heavy atom. The fourth-order valence-corrected chi connectivity index (χ4v) is 1.79. The zero-order chi connectivity index (χ0) is 9.97. The van der Waals surface area contributed by atoms with Crippen molar-refractivity contribution in [3.05, 3.63) is 17.5 Å². The molecule has 5 nitrogen and oxygen atoms in total. The van der Waals surface area contributed by atoms with Gasteiger partial charge in [0.25, 0.3) is 5.91 Å². The first-order valence-corrected chi connectivity index (χ1v) is 4.70. The number of hydrogen-bond acceptors (Lipinski definition) is 3. The molecule has 1 aromatic rings. The third kappa shape index (κ3) is 1.63. The number of hydrogen-bond donors (Lipinski definition) is 2. The molecule has 2 heterocycles. The highest BCUT2D eigenvalue weighted by Gasteiger charge is 2.22. The lowest BCUT2D eigenvalue weighted by molar-refractivity contribution is 0.0837. The third-order valence-electron chi connectivity index (χ3n) is 2.56. The number of aromatic nitrogens is 2. The van der Waals surface area contributed by atoms with Crippen molar-refractivity contribution in [3.63, 3.8) is 0 Å². The highest BCUT2D eigenvalue weighted by atomic mass is 16.5. The zero-order valence-electron chi connectivity index (χ0n) is 7.82. The number of aromatic amines is 1. The molecule has 2 rings (SSSR count). The first-order chi connectivity index (χ1) is 6.79. The van der Waals surface area contributed by atoms with Crippen molar-refractivity contribution in [3.8, 4) is 0 Å². The summed E-state index contributed by atoms with van der Waals surface area (Å²) in [5.74, 6) is -0.0889. The van der Waals surface area contributed by atoms with Crippen LogP contribution in [0.4, 0.5) is 0 Å². The summed E-state index contributed by atoms with van der Waals surface area (Å²) in [6, 6.07) is 0. The fourth-order valence-electron chi connectivity index (χ4n) is 1.79. The van der Waals surface area contributed by atoms with Crippen LogP contribution in [0.1, 0.15) is 34.8 Å². The van der Waals surface area contributed by atoms with E-state index in [0.29, 0.717) is 11.5 Å². The SMILES string of the molecule is NC(=O)c1cn[nH]c1C1CCOCC1. The van der Waals surface area contributed by atoms with Gasteiger partial charge in [-0.3, -0.25) is 9.89 Å². The number of rotatable bonds is 2. The lowest BCUT2D eigenvalue weighted by Crippen LogP contribution is -2.19. The van der Waals surface area contributed by atoms with Gasteiger partial charge in [-0.1, -0.05) is 0 Å². The molecule has 1 aliphatic heterocycles. The topological polar surface area (TPSA) is 81.0 Å².